The SMILES string of the molecule is CCCc1ccc(OC2CC(C)(C)CCC2N)cc1. The topological polar surface area (TPSA) is 35.2 Å². The Morgan fingerprint density at radius 1 is 1.26 bits per heavy atom. The Morgan fingerprint density at radius 3 is 2.58 bits per heavy atom. The summed E-state index contributed by atoms with van der Waals surface area (Å²) < 4.78 is 6.11. The van der Waals surface area contributed by atoms with Gasteiger partial charge in [-0.3, -0.25) is 0 Å². The Balaban J connectivity index is 1.99. The molecule has 106 valence electrons. The Morgan fingerprint density at radius 2 is 1.95 bits per heavy atom. The quantitative estimate of drug-likeness (QED) is 0.891. The molecule has 0 saturated heterocycles. The van der Waals surface area contributed by atoms with E-state index in [4.69, 9.17) is 10.5 Å². The zero-order valence-corrected chi connectivity index (χ0v) is 12.5. The van der Waals surface area contributed by atoms with E-state index < -0.39 is 0 Å². The molecule has 1 saturated carbocycles. The summed E-state index contributed by atoms with van der Waals surface area (Å²) in [4.78, 5) is 0. The van der Waals surface area contributed by atoms with E-state index in [1.54, 1.807) is 0 Å². The monoisotopic (exact) mass is 261 g/mol. The Kier molecular flexibility index (Phi) is 4.51. The van der Waals surface area contributed by atoms with Crippen LogP contribution in [0.15, 0.2) is 24.3 Å². The molecule has 0 spiro atoms. The van der Waals surface area contributed by atoms with Crippen molar-refractivity contribution in [3.8, 4) is 5.75 Å². The van der Waals surface area contributed by atoms with Crippen LogP contribution in [0.2, 0.25) is 0 Å². The van der Waals surface area contributed by atoms with E-state index in [2.05, 4.69) is 45.0 Å². The van der Waals surface area contributed by atoms with E-state index in [1.807, 2.05) is 0 Å². The van der Waals surface area contributed by atoms with Crippen molar-refractivity contribution in [1.82, 2.24) is 0 Å². The summed E-state index contributed by atoms with van der Waals surface area (Å²) in [5, 5.41) is 0. The molecule has 2 nitrogen and oxygen atoms in total. The summed E-state index contributed by atoms with van der Waals surface area (Å²) in [6.07, 6.45) is 5.78. The first-order chi connectivity index (χ1) is 9.00. The Hall–Kier alpha value is -1.02. The molecule has 1 aliphatic rings. The molecular weight excluding hydrogens is 234 g/mol. The predicted molar refractivity (Wildman–Crippen MR) is 80.5 cm³/mol. The molecule has 2 rings (SSSR count). The lowest BCUT2D eigenvalue weighted by atomic mass is 9.74. The molecule has 2 unspecified atom stereocenters. The van der Waals surface area contributed by atoms with Crippen LogP contribution in [0.25, 0.3) is 0 Å². The van der Waals surface area contributed by atoms with Gasteiger partial charge in [-0.25, -0.2) is 0 Å². The maximum Gasteiger partial charge on any atom is 0.119 e. The fraction of sp³-hybridized carbons (Fsp3) is 0.647. The second-order valence-electron chi connectivity index (χ2n) is 6.62. The summed E-state index contributed by atoms with van der Waals surface area (Å²) in [6.45, 7) is 6.81. The van der Waals surface area contributed by atoms with E-state index in [9.17, 15) is 0 Å². The van der Waals surface area contributed by atoms with Crippen LogP contribution in [-0.2, 0) is 6.42 Å². The van der Waals surface area contributed by atoms with Gasteiger partial charge in [-0.05, 0) is 48.8 Å². The van der Waals surface area contributed by atoms with Gasteiger partial charge in [-0.1, -0.05) is 39.3 Å². The van der Waals surface area contributed by atoms with Gasteiger partial charge in [-0.15, -0.1) is 0 Å². The van der Waals surface area contributed by atoms with Crippen LogP contribution in [0.4, 0.5) is 0 Å². The van der Waals surface area contributed by atoms with Crippen LogP contribution in [0.3, 0.4) is 0 Å². The molecule has 2 heteroatoms. The zero-order chi connectivity index (χ0) is 13.9. The lowest BCUT2D eigenvalue weighted by molar-refractivity contribution is 0.0669. The standard InChI is InChI=1S/C17H27NO/c1-4-5-13-6-8-14(9-7-13)19-16-12-17(2,3)11-10-15(16)18/h6-9,15-16H,4-5,10-12,18H2,1-3H3. The van der Waals surface area contributed by atoms with E-state index in [-0.39, 0.29) is 12.1 Å². The van der Waals surface area contributed by atoms with Crippen LogP contribution in [-0.4, -0.2) is 12.1 Å². The van der Waals surface area contributed by atoms with Crippen LogP contribution in [0, 0.1) is 5.41 Å². The first-order valence-corrected chi connectivity index (χ1v) is 7.51. The number of hydrogen-bond acceptors (Lipinski definition) is 2. The molecule has 1 aromatic rings. The van der Waals surface area contributed by atoms with Gasteiger partial charge in [0, 0.05) is 6.04 Å². The number of hydrogen-bond donors (Lipinski definition) is 1. The largest absolute Gasteiger partial charge is 0.489 e. The number of ether oxygens (including phenoxy) is 1. The molecule has 2 N–H and O–H groups in total. The van der Waals surface area contributed by atoms with Crippen molar-refractivity contribution in [2.75, 3.05) is 0 Å². The van der Waals surface area contributed by atoms with Gasteiger partial charge in [0.15, 0.2) is 0 Å². The van der Waals surface area contributed by atoms with Crippen molar-refractivity contribution in [1.29, 1.82) is 0 Å². The van der Waals surface area contributed by atoms with E-state index >= 15 is 0 Å². The molecule has 1 aliphatic carbocycles. The van der Waals surface area contributed by atoms with Crippen molar-refractivity contribution >= 4 is 0 Å². The second kappa shape index (κ2) is 5.96. The second-order valence-corrected chi connectivity index (χ2v) is 6.62. The summed E-state index contributed by atoms with van der Waals surface area (Å²) in [6, 6.07) is 8.67. The van der Waals surface area contributed by atoms with Crippen molar-refractivity contribution in [3.63, 3.8) is 0 Å². The van der Waals surface area contributed by atoms with Crippen LogP contribution >= 0.6 is 0 Å². The fourth-order valence-corrected chi connectivity index (χ4v) is 2.87. The first-order valence-electron chi connectivity index (χ1n) is 7.51. The van der Waals surface area contributed by atoms with Gasteiger partial charge in [0.25, 0.3) is 0 Å². The van der Waals surface area contributed by atoms with Gasteiger partial charge in [0.1, 0.15) is 11.9 Å². The van der Waals surface area contributed by atoms with Crippen LogP contribution in [0.5, 0.6) is 5.75 Å². The minimum absolute atomic E-state index is 0.153. The average Bonchev–Trinajstić information content (AvgIpc) is 2.36. The van der Waals surface area contributed by atoms with E-state index in [0.29, 0.717) is 5.41 Å². The number of nitrogens with two attached hydrogens (primary N) is 1. The minimum Gasteiger partial charge on any atom is -0.489 e. The molecule has 0 aliphatic heterocycles. The van der Waals surface area contributed by atoms with Crippen molar-refractivity contribution in [3.05, 3.63) is 29.8 Å². The van der Waals surface area contributed by atoms with Gasteiger partial charge in [-0.2, -0.15) is 0 Å². The Labute approximate surface area is 117 Å². The maximum absolute atomic E-state index is 6.20. The fourth-order valence-electron chi connectivity index (χ4n) is 2.87. The third-order valence-electron chi connectivity index (χ3n) is 4.14. The summed E-state index contributed by atoms with van der Waals surface area (Å²) >= 11 is 0. The van der Waals surface area contributed by atoms with Gasteiger partial charge in [0.05, 0.1) is 0 Å². The third kappa shape index (κ3) is 3.97. The molecule has 0 amide bonds. The average molecular weight is 261 g/mol. The first kappa shape index (κ1) is 14.4. The minimum atomic E-state index is 0.153. The highest BCUT2D eigenvalue weighted by Crippen LogP contribution is 2.36. The van der Waals surface area contributed by atoms with Gasteiger partial charge >= 0.3 is 0 Å². The summed E-state index contributed by atoms with van der Waals surface area (Å²) in [7, 11) is 0. The molecule has 0 aromatic heterocycles. The van der Waals surface area contributed by atoms with Crippen molar-refractivity contribution in [2.24, 2.45) is 11.1 Å². The molecule has 0 radical (unpaired) electrons. The normalized spacial score (nSPS) is 26.1. The molecule has 1 fully saturated rings. The van der Waals surface area contributed by atoms with Crippen molar-refractivity contribution in [2.45, 2.75) is 65.0 Å². The molecule has 19 heavy (non-hydrogen) atoms. The van der Waals surface area contributed by atoms with Gasteiger partial charge in [0.2, 0.25) is 0 Å². The lowest BCUT2D eigenvalue weighted by Crippen LogP contribution is -2.46. The predicted octanol–water partition coefficient (Wildman–Crippen LogP) is 3.92. The molecule has 2 atom stereocenters. The highest BCUT2D eigenvalue weighted by molar-refractivity contribution is 5.27. The number of benzene rings is 1. The molecule has 0 heterocycles. The van der Waals surface area contributed by atoms with E-state index in [1.165, 1.54) is 18.4 Å². The third-order valence-corrected chi connectivity index (χ3v) is 4.14. The summed E-state index contributed by atoms with van der Waals surface area (Å²) in [5.74, 6) is 0.956. The van der Waals surface area contributed by atoms with Crippen LogP contribution < -0.4 is 10.5 Å². The highest BCUT2D eigenvalue weighted by atomic mass is 16.5. The molecule has 1 aromatic carbocycles. The molecular formula is C17H27NO. The smallest absolute Gasteiger partial charge is 0.119 e. The van der Waals surface area contributed by atoms with E-state index in [0.717, 1.165) is 25.0 Å². The summed E-state index contributed by atoms with van der Waals surface area (Å²) in [5.41, 5.74) is 7.93. The highest BCUT2D eigenvalue weighted by Gasteiger charge is 2.34. The lowest BCUT2D eigenvalue weighted by Gasteiger charge is -2.39. The Bertz CT molecular complexity index is 396. The van der Waals surface area contributed by atoms with Crippen molar-refractivity contribution < 1.29 is 4.74 Å². The molecule has 0 bridgehead atoms. The number of aryl methyl sites for hydroxylation is 1. The van der Waals surface area contributed by atoms with Crippen LogP contribution in [0.1, 0.15) is 52.0 Å². The maximum atomic E-state index is 6.20. The zero-order valence-electron chi connectivity index (χ0n) is 12.5. The van der Waals surface area contributed by atoms with Gasteiger partial charge < -0.3 is 10.5 Å². The number of rotatable bonds is 4.